The average Bonchev–Trinajstić information content (AvgIpc) is 3.33. The summed E-state index contributed by atoms with van der Waals surface area (Å²) in [4.78, 5) is 14.0. The highest BCUT2D eigenvalue weighted by Crippen LogP contribution is 2.38. The molecule has 10 heteroatoms. The van der Waals surface area contributed by atoms with Crippen molar-refractivity contribution >= 4 is 33.3 Å². The predicted molar refractivity (Wildman–Crippen MR) is 109 cm³/mol. The molecule has 0 atom stereocenters. The van der Waals surface area contributed by atoms with Gasteiger partial charge in [-0.25, -0.2) is 17.2 Å². The van der Waals surface area contributed by atoms with Crippen LogP contribution in [0, 0.1) is 11.6 Å². The number of carbonyl (C=O) groups is 1. The number of likely N-dealkylation sites (N-methyl/N-ethyl adjacent to an activating group) is 1. The number of halogens is 2. The Morgan fingerprint density at radius 1 is 1.19 bits per heavy atom. The third kappa shape index (κ3) is 3.75. The first-order valence-corrected chi connectivity index (χ1v) is 10.6. The van der Waals surface area contributed by atoms with Crippen LogP contribution in [-0.4, -0.2) is 37.9 Å². The van der Waals surface area contributed by atoms with Crippen molar-refractivity contribution in [2.24, 2.45) is 0 Å². The third-order valence-electron chi connectivity index (χ3n) is 5.03. The summed E-state index contributed by atoms with van der Waals surface area (Å²) in [5.41, 5.74) is 1.89. The standard InChI is InChI=1S/C21H17F2N3O4S/c1-25(11-14-3-4-15(22)8-19(14)23)31(28,29)16-5-6-20-17(9-16)18(21(27)26(20)2)7-13-10-24-30-12-13/h3-10,12H,11H2,1-2H3/b18-7+. The van der Waals surface area contributed by atoms with Crippen LogP contribution >= 0.6 is 0 Å². The number of benzene rings is 2. The molecule has 0 unspecified atom stereocenters. The average molecular weight is 445 g/mol. The molecular formula is C21H17F2N3O4S. The quantitative estimate of drug-likeness (QED) is 0.563. The van der Waals surface area contributed by atoms with Crippen LogP contribution in [0.4, 0.5) is 14.5 Å². The maximum atomic E-state index is 14.0. The fraction of sp³-hybridized carbons (Fsp3) is 0.143. The molecule has 0 radical (unpaired) electrons. The second-order valence-electron chi connectivity index (χ2n) is 7.06. The lowest BCUT2D eigenvalue weighted by molar-refractivity contribution is -0.112. The van der Waals surface area contributed by atoms with Crippen molar-refractivity contribution in [2.75, 3.05) is 19.0 Å². The molecule has 0 aliphatic carbocycles. The topological polar surface area (TPSA) is 83.7 Å². The first kappa shape index (κ1) is 20.9. The van der Waals surface area contributed by atoms with E-state index < -0.39 is 21.7 Å². The molecule has 0 spiro atoms. The molecular weight excluding hydrogens is 428 g/mol. The van der Waals surface area contributed by atoms with Gasteiger partial charge in [0.2, 0.25) is 10.0 Å². The van der Waals surface area contributed by atoms with E-state index in [9.17, 15) is 22.0 Å². The van der Waals surface area contributed by atoms with E-state index in [1.54, 1.807) is 19.2 Å². The number of fused-ring (bicyclic) bond motifs is 1. The van der Waals surface area contributed by atoms with Crippen LogP contribution in [0.2, 0.25) is 0 Å². The van der Waals surface area contributed by atoms with Gasteiger partial charge in [0.1, 0.15) is 17.9 Å². The lowest BCUT2D eigenvalue weighted by Gasteiger charge is -2.18. The van der Waals surface area contributed by atoms with Crippen molar-refractivity contribution < 1.29 is 26.5 Å². The van der Waals surface area contributed by atoms with Gasteiger partial charge in [-0.1, -0.05) is 11.2 Å². The normalized spacial score (nSPS) is 15.2. The molecule has 4 rings (SSSR count). The Morgan fingerprint density at radius 2 is 1.97 bits per heavy atom. The molecule has 1 aromatic heterocycles. The molecule has 7 nitrogen and oxygen atoms in total. The summed E-state index contributed by atoms with van der Waals surface area (Å²) < 4.78 is 59.0. The number of anilines is 1. The molecule has 0 saturated carbocycles. The molecule has 0 bridgehead atoms. The molecule has 2 heterocycles. The van der Waals surface area contributed by atoms with Gasteiger partial charge in [0, 0.05) is 43.4 Å². The first-order chi connectivity index (χ1) is 14.7. The maximum Gasteiger partial charge on any atom is 0.258 e. The van der Waals surface area contributed by atoms with Crippen LogP contribution in [0.25, 0.3) is 11.6 Å². The van der Waals surface area contributed by atoms with E-state index in [-0.39, 0.29) is 22.9 Å². The Balaban J connectivity index is 1.70. The van der Waals surface area contributed by atoms with Crippen LogP contribution in [0.5, 0.6) is 0 Å². The van der Waals surface area contributed by atoms with E-state index in [4.69, 9.17) is 4.52 Å². The van der Waals surface area contributed by atoms with Gasteiger partial charge < -0.3 is 9.42 Å². The van der Waals surface area contributed by atoms with E-state index in [0.717, 1.165) is 10.4 Å². The van der Waals surface area contributed by atoms with Crippen molar-refractivity contribution in [3.8, 4) is 0 Å². The second kappa shape index (κ2) is 7.71. The third-order valence-corrected chi connectivity index (χ3v) is 6.83. The molecule has 1 aliphatic heterocycles. The monoisotopic (exact) mass is 445 g/mol. The van der Waals surface area contributed by atoms with Crippen LogP contribution in [0.15, 0.2) is 58.3 Å². The van der Waals surface area contributed by atoms with E-state index in [1.165, 1.54) is 42.6 Å². The van der Waals surface area contributed by atoms with E-state index in [1.807, 2.05) is 0 Å². The zero-order valence-electron chi connectivity index (χ0n) is 16.5. The molecule has 0 N–H and O–H groups in total. The summed E-state index contributed by atoms with van der Waals surface area (Å²) in [6.45, 7) is -0.284. The van der Waals surface area contributed by atoms with Crippen molar-refractivity contribution in [3.05, 3.63) is 77.2 Å². The molecule has 160 valence electrons. The summed E-state index contributed by atoms with van der Waals surface area (Å²) in [5.74, 6) is -1.87. The lowest BCUT2D eigenvalue weighted by atomic mass is 10.1. The summed E-state index contributed by atoms with van der Waals surface area (Å²) in [6, 6.07) is 7.31. The summed E-state index contributed by atoms with van der Waals surface area (Å²) >= 11 is 0. The molecule has 0 fully saturated rings. The molecule has 0 saturated heterocycles. The Bertz CT molecular complexity index is 1300. The highest BCUT2D eigenvalue weighted by molar-refractivity contribution is 7.89. The van der Waals surface area contributed by atoms with Gasteiger partial charge in [-0.2, -0.15) is 4.31 Å². The van der Waals surface area contributed by atoms with Gasteiger partial charge in [0.05, 0.1) is 22.4 Å². The number of hydrogen-bond acceptors (Lipinski definition) is 5. The minimum Gasteiger partial charge on any atom is -0.364 e. The van der Waals surface area contributed by atoms with Crippen molar-refractivity contribution in [3.63, 3.8) is 0 Å². The minimum absolute atomic E-state index is 0.0385. The van der Waals surface area contributed by atoms with Crippen molar-refractivity contribution in [2.45, 2.75) is 11.4 Å². The fourth-order valence-corrected chi connectivity index (χ4v) is 4.51. The number of hydrogen-bond donors (Lipinski definition) is 0. The van der Waals surface area contributed by atoms with Crippen LogP contribution in [-0.2, 0) is 21.4 Å². The molecule has 31 heavy (non-hydrogen) atoms. The van der Waals surface area contributed by atoms with E-state index in [2.05, 4.69) is 5.16 Å². The van der Waals surface area contributed by atoms with Crippen molar-refractivity contribution in [1.82, 2.24) is 9.46 Å². The van der Waals surface area contributed by atoms with Gasteiger partial charge >= 0.3 is 0 Å². The Labute approximate surface area is 177 Å². The number of aromatic nitrogens is 1. The fourth-order valence-electron chi connectivity index (χ4n) is 3.33. The first-order valence-electron chi connectivity index (χ1n) is 9.12. The van der Waals surface area contributed by atoms with Crippen LogP contribution in [0.1, 0.15) is 16.7 Å². The van der Waals surface area contributed by atoms with Gasteiger partial charge in [-0.15, -0.1) is 0 Å². The molecule has 1 aliphatic rings. The minimum atomic E-state index is -4.02. The van der Waals surface area contributed by atoms with E-state index >= 15 is 0 Å². The molecule has 2 aromatic carbocycles. The number of amides is 1. The number of carbonyl (C=O) groups excluding carboxylic acids is 1. The molecule has 3 aromatic rings. The Hall–Kier alpha value is -3.37. The van der Waals surface area contributed by atoms with Crippen LogP contribution in [0.3, 0.4) is 0 Å². The lowest BCUT2D eigenvalue weighted by Crippen LogP contribution is -2.27. The molecule has 1 amide bonds. The Morgan fingerprint density at radius 3 is 2.65 bits per heavy atom. The van der Waals surface area contributed by atoms with Crippen molar-refractivity contribution in [1.29, 1.82) is 0 Å². The zero-order valence-corrected chi connectivity index (χ0v) is 17.4. The SMILES string of the molecule is CN1C(=O)/C(=C/c2cnoc2)c2cc(S(=O)(=O)N(C)Cc3ccc(F)cc3F)ccc21. The van der Waals surface area contributed by atoms with Gasteiger partial charge in [-0.05, 0) is 30.3 Å². The second-order valence-corrected chi connectivity index (χ2v) is 9.10. The maximum absolute atomic E-state index is 14.0. The zero-order chi connectivity index (χ0) is 22.3. The summed E-state index contributed by atoms with van der Waals surface area (Å²) in [7, 11) is -1.13. The highest BCUT2D eigenvalue weighted by atomic mass is 32.2. The summed E-state index contributed by atoms with van der Waals surface area (Å²) in [5, 5.41) is 3.60. The smallest absolute Gasteiger partial charge is 0.258 e. The largest absolute Gasteiger partial charge is 0.364 e. The predicted octanol–water partition coefficient (Wildman–Crippen LogP) is 3.29. The number of rotatable bonds is 5. The highest BCUT2D eigenvalue weighted by Gasteiger charge is 2.32. The van der Waals surface area contributed by atoms with Crippen LogP contribution < -0.4 is 4.90 Å². The van der Waals surface area contributed by atoms with E-state index in [0.29, 0.717) is 28.5 Å². The summed E-state index contributed by atoms with van der Waals surface area (Å²) in [6.07, 6.45) is 4.36. The van der Waals surface area contributed by atoms with Gasteiger partial charge in [0.25, 0.3) is 5.91 Å². The number of sulfonamides is 1. The van der Waals surface area contributed by atoms with Gasteiger partial charge in [-0.3, -0.25) is 4.79 Å². The van der Waals surface area contributed by atoms with Gasteiger partial charge in [0.15, 0.2) is 0 Å². The Kier molecular flexibility index (Phi) is 5.19. The number of nitrogens with zero attached hydrogens (tertiary/aromatic N) is 3.